The van der Waals surface area contributed by atoms with Gasteiger partial charge in [-0.2, -0.15) is 0 Å². The molecule has 0 bridgehead atoms. The lowest BCUT2D eigenvalue weighted by molar-refractivity contribution is 0.292. The number of halogens is 2. The summed E-state index contributed by atoms with van der Waals surface area (Å²) in [6.45, 7) is 4.30. The van der Waals surface area contributed by atoms with Crippen LogP contribution in [-0.4, -0.2) is 74.6 Å². The van der Waals surface area contributed by atoms with E-state index in [1.54, 1.807) is 0 Å². The number of aliphatic imine (C=N–C) groups is 1. The van der Waals surface area contributed by atoms with Crippen LogP contribution < -0.4 is 10.2 Å². The minimum Gasteiger partial charge on any atom is -0.354 e. The summed E-state index contributed by atoms with van der Waals surface area (Å²) in [4.78, 5) is 15.6. The summed E-state index contributed by atoms with van der Waals surface area (Å²) in [6, 6.07) is 12.8. The molecule has 1 aliphatic heterocycles. The molecule has 1 fully saturated rings. The summed E-state index contributed by atoms with van der Waals surface area (Å²) in [6.07, 6.45) is 1.83. The molecule has 1 N–H and O–H groups in total. The third kappa shape index (κ3) is 6.27. The Kier molecular flexibility index (Phi) is 9.09. The van der Waals surface area contributed by atoms with Crippen LogP contribution in [0.4, 0.5) is 10.2 Å². The lowest BCUT2D eigenvalue weighted by Crippen LogP contribution is -2.53. The van der Waals surface area contributed by atoms with Gasteiger partial charge in [-0.25, -0.2) is 9.37 Å². The maximum absolute atomic E-state index is 13.3. The Bertz CT molecular complexity index is 761. The Morgan fingerprint density at radius 2 is 1.83 bits per heavy atom. The standard InChI is InChI=1S/C21H29FN6.HI/c1-23-21(25-16-19(26(2)3)17-7-9-18(22)10-8-17)28-14-12-27(13-15-28)20-6-4-5-11-24-20;/h4-11,19H,12-16H2,1-3H3,(H,23,25);1H. The van der Waals surface area contributed by atoms with Crippen molar-refractivity contribution in [2.75, 3.05) is 58.8 Å². The molecule has 1 aliphatic rings. The summed E-state index contributed by atoms with van der Waals surface area (Å²) in [5.74, 6) is 1.71. The lowest BCUT2D eigenvalue weighted by atomic mass is 10.1. The van der Waals surface area contributed by atoms with Gasteiger partial charge in [-0.3, -0.25) is 4.99 Å². The molecule has 1 aromatic carbocycles. The average Bonchev–Trinajstić information content (AvgIpc) is 2.73. The van der Waals surface area contributed by atoms with Crippen molar-refractivity contribution in [3.8, 4) is 0 Å². The van der Waals surface area contributed by atoms with E-state index in [0.717, 1.165) is 43.5 Å². The number of rotatable bonds is 5. The highest BCUT2D eigenvalue weighted by Gasteiger charge is 2.22. The molecule has 3 rings (SSSR count). The number of nitrogens with zero attached hydrogens (tertiary/aromatic N) is 5. The van der Waals surface area contributed by atoms with Crippen LogP contribution in [0.1, 0.15) is 11.6 Å². The highest BCUT2D eigenvalue weighted by molar-refractivity contribution is 14.0. The summed E-state index contributed by atoms with van der Waals surface area (Å²) in [5.41, 5.74) is 1.08. The van der Waals surface area contributed by atoms with E-state index in [9.17, 15) is 4.39 Å². The summed E-state index contributed by atoms with van der Waals surface area (Å²) in [5, 5.41) is 3.49. The molecule has 8 heteroatoms. The molecule has 1 aromatic heterocycles. The van der Waals surface area contributed by atoms with E-state index >= 15 is 0 Å². The van der Waals surface area contributed by atoms with Gasteiger partial charge in [-0.05, 0) is 43.9 Å². The molecule has 0 aliphatic carbocycles. The third-order valence-electron chi connectivity index (χ3n) is 5.10. The van der Waals surface area contributed by atoms with Gasteiger partial charge >= 0.3 is 0 Å². The minimum atomic E-state index is -0.212. The number of guanidine groups is 1. The van der Waals surface area contributed by atoms with E-state index < -0.39 is 0 Å². The molecule has 2 heterocycles. The molecule has 29 heavy (non-hydrogen) atoms. The Hall–Kier alpha value is -1.94. The second-order valence-corrected chi connectivity index (χ2v) is 7.12. The fourth-order valence-electron chi connectivity index (χ4n) is 3.49. The van der Waals surface area contributed by atoms with E-state index in [1.165, 1.54) is 12.1 Å². The number of hydrogen-bond acceptors (Lipinski definition) is 4. The van der Waals surface area contributed by atoms with E-state index in [4.69, 9.17) is 0 Å². The van der Waals surface area contributed by atoms with Crippen molar-refractivity contribution >= 4 is 35.8 Å². The van der Waals surface area contributed by atoms with Crippen molar-refractivity contribution in [1.29, 1.82) is 0 Å². The molecule has 0 spiro atoms. The van der Waals surface area contributed by atoms with E-state index in [0.29, 0.717) is 6.54 Å². The van der Waals surface area contributed by atoms with Gasteiger partial charge in [0.1, 0.15) is 11.6 Å². The van der Waals surface area contributed by atoms with Crippen molar-refractivity contribution in [3.05, 3.63) is 60.0 Å². The predicted molar refractivity (Wildman–Crippen MR) is 128 cm³/mol. The summed E-state index contributed by atoms with van der Waals surface area (Å²) < 4.78 is 13.3. The van der Waals surface area contributed by atoms with Crippen molar-refractivity contribution in [2.24, 2.45) is 4.99 Å². The largest absolute Gasteiger partial charge is 0.354 e. The maximum Gasteiger partial charge on any atom is 0.193 e. The number of pyridine rings is 1. The zero-order valence-corrected chi connectivity index (χ0v) is 19.6. The lowest BCUT2D eigenvalue weighted by Gasteiger charge is -2.37. The first kappa shape index (κ1) is 23.3. The molecular weight excluding hydrogens is 482 g/mol. The number of likely N-dealkylation sites (N-methyl/N-ethyl adjacent to an activating group) is 1. The molecular formula is C21H30FIN6. The Labute approximate surface area is 189 Å². The first-order valence-electron chi connectivity index (χ1n) is 9.62. The SMILES string of the molecule is CN=C(NCC(c1ccc(F)cc1)N(C)C)N1CCN(c2ccccn2)CC1.I. The Balaban J connectivity index is 0.00000300. The predicted octanol–water partition coefficient (Wildman–Crippen LogP) is 2.84. The third-order valence-corrected chi connectivity index (χ3v) is 5.10. The van der Waals surface area contributed by atoms with Gasteiger partial charge in [-0.1, -0.05) is 18.2 Å². The molecule has 158 valence electrons. The quantitative estimate of drug-likeness (QED) is 0.380. The van der Waals surface area contributed by atoms with E-state index in [2.05, 4.69) is 30.0 Å². The number of nitrogens with one attached hydrogen (secondary N) is 1. The van der Waals surface area contributed by atoms with Crippen LogP contribution in [0.15, 0.2) is 53.7 Å². The average molecular weight is 512 g/mol. The van der Waals surface area contributed by atoms with Gasteiger partial charge in [0.15, 0.2) is 5.96 Å². The normalized spacial score (nSPS) is 15.8. The van der Waals surface area contributed by atoms with Crippen LogP contribution in [0.3, 0.4) is 0 Å². The number of anilines is 1. The maximum atomic E-state index is 13.3. The molecule has 1 saturated heterocycles. The summed E-state index contributed by atoms with van der Waals surface area (Å²) in [7, 11) is 5.88. The van der Waals surface area contributed by atoms with Crippen molar-refractivity contribution in [1.82, 2.24) is 20.1 Å². The zero-order chi connectivity index (χ0) is 19.9. The number of aromatic nitrogens is 1. The summed E-state index contributed by atoms with van der Waals surface area (Å²) >= 11 is 0. The fraction of sp³-hybridized carbons (Fsp3) is 0.429. The fourth-order valence-corrected chi connectivity index (χ4v) is 3.49. The first-order valence-corrected chi connectivity index (χ1v) is 9.62. The van der Waals surface area contributed by atoms with E-state index in [1.807, 2.05) is 57.7 Å². The molecule has 2 aromatic rings. The first-order chi connectivity index (χ1) is 13.6. The zero-order valence-electron chi connectivity index (χ0n) is 17.3. The van der Waals surface area contributed by atoms with Crippen LogP contribution in [0.5, 0.6) is 0 Å². The van der Waals surface area contributed by atoms with Gasteiger partial charge in [0.2, 0.25) is 0 Å². The van der Waals surface area contributed by atoms with Crippen LogP contribution in [0.2, 0.25) is 0 Å². The molecule has 0 saturated carbocycles. The molecule has 1 atom stereocenters. The Morgan fingerprint density at radius 3 is 2.38 bits per heavy atom. The van der Waals surface area contributed by atoms with Gasteiger partial charge in [0, 0.05) is 46.0 Å². The highest BCUT2D eigenvalue weighted by Crippen LogP contribution is 2.18. The number of hydrogen-bond donors (Lipinski definition) is 1. The smallest absolute Gasteiger partial charge is 0.193 e. The number of benzene rings is 1. The van der Waals surface area contributed by atoms with Crippen molar-refractivity contribution in [2.45, 2.75) is 6.04 Å². The molecule has 1 unspecified atom stereocenters. The number of piperazine rings is 1. The van der Waals surface area contributed by atoms with Gasteiger partial charge < -0.3 is 20.0 Å². The minimum absolute atomic E-state index is 0. The van der Waals surface area contributed by atoms with E-state index in [-0.39, 0.29) is 35.8 Å². The Morgan fingerprint density at radius 1 is 1.14 bits per heavy atom. The van der Waals surface area contributed by atoms with Crippen LogP contribution in [0.25, 0.3) is 0 Å². The second-order valence-electron chi connectivity index (χ2n) is 7.12. The van der Waals surface area contributed by atoms with Crippen LogP contribution in [-0.2, 0) is 0 Å². The molecule has 0 radical (unpaired) electrons. The van der Waals surface area contributed by atoms with Crippen LogP contribution in [0, 0.1) is 5.82 Å². The van der Waals surface area contributed by atoms with Crippen molar-refractivity contribution in [3.63, 3.8) is 0 Å². The van der Waals surface area contributed by atoms with Crippen LogP contribution >= 0.6 is 24.0 Å². The second kappa shape index (κ2) is 11.3. The topological polar surface area (TPSA) is 47.0 Å². The highest BCUT2D eigenvalue weighted by atomic mass is 127. The molecule has 0 amide bonds. The van der Waals surface area contributed by atoms with Gasteiger partial charge in [0.25, 0.3) is 0 Å². The monoisotopic (exact) mass is 512 g/mol. The van der Waals surface area contributed by atoms with Gasteiger partial charge in [0.05, 0.1) is 6.04 Å². The molecule has 6 nitrogen and oxygen atoms in total. The van der Waals surface area contributed by atoms with Crippen molar-refractivity contribution < 1.29 is 4.39 Å². The van der Waals surface area contributed by atoms with Gasteiger partial charge in [-0.15, -0.1) is 24.0 Å².